The highest BCUT2D eigenvalue weighted by Gasteiger charge is 2.25. The molecule has 1 aliphatic carbocycles. The van der Waals surface area contributed by atoms with Crippen molar-refractivity contribution in [2.24, 2.45) is 0 Å². The molecule has 0 saturated heterocycles. The quantitative estimate of drug-likeness (QED) is 0.510. The number of nitro groups is 2. The Bertz CT molecular complexity index is 576. The van der Waals surface area contributed by atoms with E-state index in [0.717, 1.165) is 18.2 Å². The second-order valence-electron chi connectivity index (χ2n) is 5.09. The van der Waals surface area contributed by atoms with Crippen molar-refractivity contribution in [2.75, 3.05) is 0 Å². The van der Waals surface area contributed by atoms with Gasteiger partial charge in [0.05, 0.1) is 27.6 Å². The molecule has 1 aromatic carbocycles. The second-order valence-corrected chi connectivity index (χ2v) is 5.09. The molecule has 1 aliphatic rings. The monoisotopic (exact) mass is 310 g/mol. The average molecular weight is 310 g/mol. The van der Waals surface area contributed by atoms with E-state index in [0.29, 0.717) is 25.7 Å². The number of benzene rings is 1. The van der Waals surface area contributed by atoms with Gasteiger partial charge in [-0.2, -0.15) is 0 Å². The molecular formula is C13H14N2O7. The minimum Gasteiger partial charge on any atom is -0.459 e. The summed E-state index contributed by atoms with van der Waals surface area (Å²) in [6.07, 6.45) is 1.19. The molecule has 2 rings (SSSR count). The molecule has 1 fully saturated rings. The Morgan fingerprint density at radius 1 is 1.05 bits per heavy atom. The van der Waals surface area contributed by atoms with Crippen LogP contribution >= 0.6 is 0 Å². The van der Waals surface area contributed by atoms with Gasteiger partial charge in [0.15, 0.2) is 0 Å². The van der Waals surface area contributed by atoms with Crippen molar-refractivity contribution in [2.45, 2.75) is 37.9 Å². The number of esters is 1. The number of non-ortho nitro benzene ring substituents is 2. The lowest BCUT2D eigenvalue weighted by atomic mass is 9.95. The summed E-state index contributed by atoms with van der Waals surface area (Å²) in [5, 5.41) is 30.9. The van der Waals surface area contributed by atoms with Crippen LogP contribution in [0.4, 0.5) is 11.4 Å². The van der Waals surface area contributed by atoms with Gasteiger partial charge in [-0.3, -0.25) is 20.2 Å². The van der Waals surface area contributed by atoms with E-state index in [4.69, 9.17) is 4.74 Å². The Morgan fingerprint density at radius 3 is 2.00 bits per heavy atom. The van der Waals surface area contributed by atoms with Gasteiger partial charge in [0.25, 0.3) is 11.4 Å². The van der Waals surface area contributed by atoms with Crippen LogP contribution in [0, 0.1) is 20.2 Å². The minimum atomic E-state index is -0.840. The smallest absolute Gasteiger partial charge is 0.338 e. The third kappa shape index (κ3) is 3.76. The molecule has 1 saturated carbocycles. The van der Waals surface area contributed by atoms with Crippen LogP contribution in [0.5, 0.6) is 0 Å². The van der Waals surface area contributed by atoms with Gasteiger partial charge in [0.1, 0.15) is 6.10 Å². The molecule has 118 valence electrons. The fourth-order valence-electron chi connectivity index (χ4n) is 2.31. The zero-order valence-corrected chi connectivity index (χ0v) is 11.5. The number of carbonyl (C=O) groups is 1. The lowest BCUT2D eigenvalue weighted by Gasteiger charge is -2.25. The van der Waals surface area contributed by atoms with Gasteiger partial charge in [0.2, 0.25) is 0 Å². The summed E-state index contributed by atoms with van der Waals surface area (Å²) in [4.78, 5) is 32.0. The Kier molecular flexibility index (Phi) is 4.66. The van der Waals surface area contributed by atoms with E-state index in [1.54, 1.807) is 0 Å². The van der Waals surface area contributed by atoms with Crippen molar-refractivity contribution in [3.63, 3.8) is 0 Å². The first-order valence-corrected chi connectivity index (χ1v) is 6.69. The van der Waals surface area contributed by atoms with E-state index in [1.807, 2.05) is 0 Å². The van der Waals surface area contributed by atoms with E-state index in [1.165, 1.54) is 0 Å². The summed E-state index contributed by atoms with van der Waals surface area (Å²) in [6, 6.07) is 2.69. The van der Waals surface area contributed by atoms with Crippen LogP contribution in [0.25, 0.3) is 0 Å². The van der Waals surface area contributed by atoms with Gasteiger partial charge in [-0.25, -0.2) is 4.79 Å². The SMILES string of the molecule is O=C(OC1CCC(O)CC1)c1cc([N+](=O)[O-])cc([N+](=O)[O-])c1. The van der Waals surface area contributed by atoms with Crippen LogP contribution in [0.15, 0.2) is 18.2 Å². The summed E-state index contributed by atoms with van der Waals surface area (Å²) in [6.45, 7) is 0. The minimum absolute atomic E-state index is 0.230. The topological polar surface area (TPSA) is 133 Å². The normalized spacial score (nSPS) is 21.1. The third-order valence-electron chi connectivity index (χ3n) is 3.48. The maximum Gasteiger partial charge on any atom is 0.338 e. The predicted octanol–water partition coefficient (Wildman–Crippen LogP) is 1.96. The summed E-state index contributed by atoms with van der Waals surface area (Å²) < 4.78 is 5.20. The molecule has 0 unspecified atom stereocenters. The largest absolute Gasteiger partial charge is 0.459 e. The lowest BCUT2D eigenvalue weighted by molar-refractivity contribution is -0.394. The van der Waals surface area contributed by atoms with Crippen molar-refractivity contribution in [3.05, 3.63) is 44.0 Å². The number of aliphatic hydroxyl groups is 1. The van der Waals surface area contributed by atoms with Crippen molar-refractivity contribution < 1.29 is 24.5 Å². The molecule has 9 nitrogen and oxygen atoms in total. The molecule has 0 bridgehead atoms. The van der Waals surface area contributed by atoms with Gasteiger partial charge >= 0.3 is 5.97 Å². The number of carbonyl (C=O) groups excluding carboxylic acids is 1. The number of rotatable bonds is 4. The predicted molar refractivity (Wildman–Crippen MR) is 73.4 cm³/mol. The van der Waals surface area contributed by atoms with Gasteiger partial charge in [-0.15, -0.1) is 0 Å². The van der Waals surface area contributed by atoms with Crippen LogP contribution in [-0.4, -0.2) is 33.1 Å². The van der Waals surface area contributed by atoms with E-state index in [9.17, 15) is 30.1 Å². The molecule has 1 N–H and O–H groups in total. The standard InChI is InChI=1S/C13H14N2O7/c16-11-1-3-12(4-2-11)22-13(17)8-5-9(14(18)19)7-10(6-8)15(20)21/h5-7,11-12,16H,1-4H2. The lowest BCUT2D eigenvalue weighted by Crippen LogP contribution is -2.26. The molecule has 0 amide bonds. The summed E-state index contributed by atoms with van der Waals surface area (Å²) in [7, 11) is 0. The highest BCUT2D eigenvalue weighted by Crippen LogP contribution is 2.26. The van der Waals surface area contributed by atoms with E-state index >= 15 is 0 Å². The number of nitro benzene ring substituents is 2. The molecule has 22 heavy (non-hydrogen) atoms. The Labute approximate surface area is 124 Å². The van der Waals surface area contributed by atoms with Crippen molar-refractivity contribution in [1.82, 2.24) is 0 Å². The van der Waals surface area contributed by atoms with E-state index < -0.39 is 39.4 Å². The number of aliphatic hydroxyl groups excluding tert-OH is 1. The zero-order valence-electron chi connectivity index (χ0n) is 11.5. The molecule has 1 aromatic rings. The van der Waals surface area contributed by atoms with Gasteiger partial charge in [-0.1, -0.05) is 0 Å². The first-order chi connectivity index (χ1) is 10.4. The molecule has 0 aliphatic heterocycles. The van der Waals surface area contributed by atoms with Gasteiger partial charge in [-0.05, 0) is 25.7 Å². The summed E-state index contributed by atoms with van der Waals surface area (Å²) in [5.41, 5.74) is -1.31. The third-order valence-corrected chi connectivity index (χ3v) is 3.48. The van der Waals surface area contributed by atoms with Gasteiger partial charge in [0, 0.05) is 12.1 Å². The molecule has 0 heterocycles. The Balaban J connectivity index is 2.18. The van der Waals surface area contributed by atoms with Crippen LogP contribution in [-0.2, 0) is 4.74 Å². The molecule has 0 spiro atoms. The molecule has 0 radical (unpaired) electrons. The van der Waals surface area contributed by atoms with E-state index in [-0.39, 0.29) is 5.56 Å². The first-order valence-electron chi connectivity index (χ1n) is 6.69. The highest BCUT2D eigenvalue weighted by molar-refractivity contribution is 5.91. The molecule has 9 heteroatoms. The van der Waals surface area contributed by atoms with Gasteiger partial charge < -0.3 is 9.84 Å². The Hall–Kier alpha value is -2.55. The number of nitrogens with zero attached hydrogens (tertiary/aromatic N) is 2. The van der Waals surface area contributed by atoms with Crippen LogP contribution < -0.4 is 0 Å². The zero-order chi connectivity index (χ0) is 16.3. The fraction of sp³-hybridized carbons (Fsp3) is 0.462. The Morgan fingerprint density at radius 2 is 1.55 bits per heavy atom. The molecule has 0 atom stereocenters. The number of ether oxygens (including phenoxy) is 1. The average Bonchev–Trinajstić information content (AvgIpc) is 2.49. The first kappa shape index (κ1) is 15.8. The van der Waals surface area contributed by atoms with Crippen LogP contribution in [0.3, 0.4) is 0 Å². The summed E-state index contributed by atoms with van der Waals surface area (Å²) >= 11 is 0. The van der Waals surface area contributed by atoms with Crippen LogP contribution in [0.1, 0.15) is 36.0 Å². The highest BCUT2D eigenvalue weighted by atomic mass is 16.6. The maximum atomic E-state index is 12.0. The molecular weight excluding hydrogens is 296 g/mol. The molecule has 0 aromatic heterocycles. The second kappa shape index (κ2) is 6.48. The van der Waals surface area contributed by atoms with Crippen molar-refractivity contribution in [1.29, 1.82) is 0 Å². The summed E-state index contributed by atoms with van der Waals surface area (Å²) in [5.74, 6) is -0.840. The van der Waals surface area contributed by atoms with Crippen molar-refractivity contribution in [3.8, 4) is 0 Å². The fourth-order valence-corrected chi connectivity index (χ4v) is 2.31. The van der Waals surface area contributed by atoms with Crippen LogP contribution in [0.2, 0.25) is 0 Å². The van der Waals surface area contributed by atoms with Crippen molar-refractivity contribution >= 4 is 17.3 Å². The van der Waals surface area contributed by atoms with E-state index in [2.05, 4.69) is 0 Å². The number of hydrogen-bond acceptors (Lipinski definition) is 7. The maximum absolute atomic E-state index is 12.0. The number of hydrogen-bond donors (Lipinski definition) is 1.